The normalized spacial score (nSPS) is 40.0. The van der Waals surface area contributed by atoms with E-state index in [4.69, 9.17) is 10.2 Å². The number of hydrogen-bond acceptors (Lipinski definition) is 3. The number of aliphatic carboxylic acids is 1. The van der Waals surface area contributed by atoms with E-state index in [-0.39, 0.29) is 6.04 Å². The quantitative estimate of drug-likeness (QED) is 0.451. The molecule has 4 heteroatoms. The van der Waals surface area contributed by atoms with Crippen LogP contribution in [0.25, 0.3) is 0 Å². The first-order valence-corrected chi connectivity index (χ1v) is 3.28. The zero-order valence-electron chi connectivity index (χ0n) is 5.74. The van der Waals surface area contributed by atoms with Crippen LogP contribution >= 0.6 is 0 Å². The van der Waals surface area contributed by atoms with Crippen molar-refractivity contribution >= 4 is 5.97 Å². The summed E-state index contributed by atoms with van der Waals surface area (Å²) in [6.45, 7) is 1.77. The lowest BCUT2D eigenvalue weighted by atomic mass is 10.1. The first-order chi connectivity index (χ1) is 4.61. The lowest BCUT2D eigenvalue weighted by Gasteiger charge is -2.05. The smallest absolute Gasteiger partial charge is 0.320 e. The molecular weight excluding hydrogens is 134 g/mol. The van der Waals surface area contributed by atoms with Gasteiger partial charge in [-0.15, -0.1) is 0 Å². The van der Waals surface area contributed by atoms with Gasteiger partial charge in [0.1, 0.15) is 6.04 Å². The summed E-state index contributed by atoms with van der Waals surface area (Å²) in [4.78, 5) is 10.3. The molecule has 0 amide bonds. The van der Waals surface area contributed by atoms with Gasteiger partial charge in [-0.3, -0.25) is 10.1 Å². The molecule has 0 saturated carbocycles. The van der Waals surface area contributed by atoms with Gasteiger partial charge in [-0.2, -0.15) is 0 Å². The highest BCUT2D eigenvalue weighted by atomic mass is 16.4. The maximum absolute atomic E-state index is 10.3. The summed E-state index contributed by atoms with van der Waals surface area (Å²) in [5.74, 6) is -0.886. The molecule has 58 valence electrons. The Balaban J connectivity index is 2.49. The van der Waals surface area contributed by atoms with Gasteiger partial charge < -0.3 is 10.2 Å². The number of rotatable bonds is 1. The Morgan fingerprint density at radius 1 is 1.70 bits per heavy atom. The fourth-order valence-corrected chi connectivity index (χ4v) is 1.11. The fraction of sp³-hybridized carbons (Fsp3) is 0.833. The molecule has 0 aromatic heterocycles. The molecule has 0 aromatic rings. The third kappa shape index (κ3) is 1.27. The zero-order chi connectivity index (χ0) is 7.72. The van der Waals surface area contributed by atoms with Crippen LogP contribution in [0.4, 0.5) is 0 Å². The highest BCUT2D eigenvalue weighted by Crippen LogP contribution is 2.12. The van der Waals surface area contributed by atoms with E-state index in [1.54, 1.807) is 6.92 Å². The van der Waals surface area contributed by atoms with Crippen LogP contribution < -0.4 is 5.32 Å². The number of aliphatic hydroxyl groups is 1. The molecule has 1 heterocycles. The third-order valence-electron chi connectivity index (χ3n) is 1.82. The van der Waals surface area contributed by atoms with Crippen LogP contribution in [0.1, 0.15) is 13.3 Å². The van der Waals surface area contributed by atoms with Gasteiger partial charge in [0.2, 0.25) is 0 Å². The first kappa shape index (κ1) is 7.50. The topological polar surface area (TPSA) is 69.6 Å². The van der Waals surface area contributed by atoms with Gasteiger partial charge in [-0.1, -0.05) is 0 Å². The summed E-state index contributed by atoms with van der Waals surface area (Å²) in [6.07, 6.45) is -0.197. The van der Waals surface area contributed by atoms with Crippen molar-refractivity contribution in [2.45, 2.75) is 31.5 Å². The van der Waals surface area contributed by atoms with Gasteiger partial charge in [0.15, 0.2) is 0 Å². The molecular formula is C6H11NO3. The predicted octanol–water partition coefficient (Wildman–Crippen LogP) is -0.818. The minimum absolute atomic E-state index is 0.0962. The monoisotopic (exact) mass is 145 g/mol. The molecule has 3 atom stereocenters. The highest BCUT2D eigenvalue weighted by molar-refractivity contribution is 5.74. The van der Waals surface area contributed by atoms with Crippen molar-refractivity contribution in [2.24, 2.45) is 0 Å². The maximum atomic E-state index is 10.3. The molecule has 0 radical (unpaired) electrons. The first-order valence-electron chi connectivity index (χ1n) is 3.28. The number of carboxylic acids is 1. The molecule has 3 N–H and O–H groups in total. The molecule has 1 aliphatic heterocycles. The Morgan fingerprint density at radius 2 is 2.30 bits per heavy atom. The molecule has 1 saturated heterocycles. The van der Waals surface area contributed by atoms with E-state index < -0.39 is 18.1 Å². The van der Waals surface area contributed by atoms with Gasteiger partial charge in [-0.05, 0) is 6.92 Å². The molecule has 10 heavy (non-hydrogen) atoms. The van der Waals surface area contributed by atoms with Crippen LogP contribution in [0, 0.1) is 0 Å². The number of nitrogens with one attached hydrogen (secondary N) is 1. The van der Waals surface area contributed by atoms with E-state index >= 15 is 0 Å². The number of hydrogen-bond donors (Lipinski definition) is 3. The molecule has 1 fully saturated rings. The van der Waals surface area contributed by atoms with E-state index in [1.807, 2.05) is 0 Å². The molecule has 0 bridgehead atoms. The number of carboxylic acid groups (broad SMARTS) is 1. The van der Waals surface area contributed by atoms with Crippen LogP contribution in [0.5, 0.6) is 0 Å². The number of aliphatic hydroxyl groups excluding tert-OH is 1. The van der Waals surface area contributed by atoms with Crippen LogP contribution in [-0.2, 0) is 4.79 Å². The summed E-state index contributed by atoms with van der Waals surface area (Å²) in [6, 6.07) is -0.661. The molecule has 1 rings (SSSR count). The van der Waals surface area contributed by atoms with Crippen LogP contribution in [0.15, 0.2) is 0 Å². The van der Waals surface area contributed by atoms with Crippen molar-refractivity contribution in [2.75, 3.05) is 0 Å². The van der Waals surface area contributed by atoms with E-state index in [9.17, 15) is 4.79 Å². The summed E-state index contributed by atoms with van der Waals surface area (Å²) in [5.41, 5.74) is 0. The Kier molecular flexibility index (Phi) is 1.92. The fourth-order valence-electron chi connectivity index (χ4n) is 1.11. The van der Waals surface area contributed by atoms with Crippen molar-refractivity contribution in [3.63, 3.8) is 0 Å². The van der Waals surface area contributed by atoms with Crippen LogP contribution in [-0.4, -0.2) is 34.4 Å². The minimum Gasteiger partial charge on any atom is -0.480 e. The van der Waals surface area contributed by atoms with Crippen molar-refractivity contribution < 1.29 is 15.0 Å². The Labute approximate surface area is 58.9 Å². The zero-order valence-corrected chi connectivity index (χ0v) is 5.74. The Bertz CT molecular complexity index is 138. The summed E-state index contributed by atoms with van der Waals surface area (Å²) >= 11 is 0. The molecule has 0 aliphatic carbocycles. The summed E-state index contributed by atoms with van der Waals surface area (Å²) in [7, 11) is 0. The van der Waals surface area contributed by atoms with Gasteiger partial charge in [0.05, 0.1) is 6.10 Å². The number of carbonyl (C=O) groups is 1. The van der Waals surface area contributed by atoms with E-state index in [1.165, 1.54) is 0 Å². The van der Waals surface area contributed by atoms with Gasteiger partial charge >= 0.3 is 5.97 Å². The van der Waals surface area contributed by atoms with Crippen LogP contribution in [0.2, 0.25) is 0 Å². The average Bonchev–Trinajstić information content (AvgIpc) is 2.13. The predicted molar refractivity (Wildman–Crippen MR) is 34.6 cm³/mol. The van der Waals surface area contributed by atoms with Gasteiger partial charge in [0, 0.05) is 12.5 Å². The lowest BCUT2D eigenvalue weighted by molar-refractivity contribution is -0.139. The highest BCUT2D eigenvalue weighted by Gasteiger charge is 2.33. The van der Waals surface area contributed by atoms with Crippen LogP contribution in [0.3, 0.4) is 0 Å². The van der Waals surface area contributed by atoms with Gasteiger partial charge in [-0.25, -0.2) is 0 Å². The minimum atomic E-state index is -0.886. The second-order valence-electron chi connectivity index (χ2n) is 2.65. The Hall–Kier alpha value is -0.610. The van der Waals surface area contributed by atoms with E-state index in [0.29, 0.717) is 6.42 Å². The largest absolute Gasteiger partial charge is 0.480 e. The standard InChI is InChI=1S/C6H11NO3/c1-3-5(8)2-4(7-3)6(9)10/h3-5,7-8H,2H2,1H3,(H,9,10)/t3?,4-,5+/m0/s1. The van der Waals surface area contributed by atoms with E-state index in [2.05, 4.69) is 5.32 Å². The average molecular weight is 145 g/mol. The van der Waals surface area contributed by atoms with Crippen molar-refractivity contribution in [1.82, 2.24) is 5.32 Å². The maximum Gasteiger partial charge on any atom is 0.320 e. The van der Waals surface area contributed by atoms with E-state index in [0.717, 1.165) is 0 Å². The second kappa shape index (κ2) is 2.56. The molecule has 0 spiro atoms. The summed E-state index contributed by atoms with van der Waals surface area (Å²) in [5, 5.41) is 20.3. The van der Waals surface area contributed by atoms with Crippen molar-refractivity contribution in [3.05, 3.63) is 0 Å². The second-order valence-corrected chi connectivity index (χ2v) is 2.65. The van der Waals surface area contributed by atoms with Crippen molar-refractivity contribution in [1.29, 1.82) is 0 Å². The lowest BCUT2D eigenvalue weighted by Crippen LogP contribution is -2.34. The Morgan fingerprint density at radius 3 is 2.50 bits per heavy atom. The molecule has 0 aromatic carbocycles. The molecule has 4 nitrogen and oxygen atoms in total. The molecule has 1 unspecified atom stereocenters. The SMILES string of the molecule is CC1N[C@H](C(=O)O)C[C@H]1O. The van der Waals surface area contributed by atoms with Gasteiger partial charge in [0.25, 0.3) is 0 Å². The molecule has 1 aliphatic rings. The van der Waals surface area contributed by atoms with Crippen molar-refractivity contribution in [3.8, 4) is 0 Å². The third-order valence-corrected chi connectivity index (χ3v) is 1.82. The summed E-state index contributed by atoms with van der Waals surface area (Å²) < 4.78 is 0.